The molecule has 0 fully saturated rings. The average molecular weight is 350 g/mol. The highest BCUT2D eigenvalue weighted by Gasteiger charge is 2.19. The number of pyridine rings is 1. The van der Waals surface area contributed by atoms with Gasteiger partial charge in [0.05, 0.1) is 10.0 Å². The normalized spacial score (nSPS) is 13.0. The third-order valence-electron chi connectivity index (χ3n) is 3.41. The van der Waals surface area contributed by atoms with Gasteiger partial charge in [0.25, 0.3) is 0 Å². The first-order chi connectivity index (χ1) is 10.0. The van der Waals surface area contributed by atoms with Crippen LogP contribution < -0.4 is 10.5 Å². The first-order valence-corrected chi connectivity index (χ1v) is 7.34. The van der Waals surface area contributed by atoms with Gasteiger partial charge in [0.15, 0.2) is 0 Å². The monoisotopic (exact) mass is 349 g/mol. The zero-order valence-electron chi connectivity index (χ0n) is 11.1. The highest BCUT2D eigenvalue weighted by Crippen LogP contribution is 2.30. The van der Waals surface area contributed by atoms with Crippen molar-refractivity contribution < 1.29 is 9.13 Å². The second-order valence-electron chi connectivity index (χ2n) is 4.89. The maximum absolute atomic E-state index is 13.5. The first-order valence-electron chi connectivity index (χ1n) is 6.54. The summed E-state index contributed by atoms with van der Waals surface area (Å²) in [6, 6.07) is 6.31. The molecular formula is C15H13BrFN3O. The van der Waals surface area contributed by atoms with Gasteiger partial charge in [-0.2, -0.15) is 0 Å². The number of rotatable bonds is 3. The smallest absolute Gasteiger partial charge is 0.230 e. The van der Waals surface area contributed by atoms with E-state index in [9.17, 15) is 4.39 Å². The molecule has 1 heterocycles. The van der Waals surface area contributed by atoms with Crippen molar-refractivity contribution in [3.63, 3.8) is 0 Å². The van der Waals surface area contributed by atoms with Crippen molar-refractivity contribution in [3.05, 3.63) is 51.4 Å². The molecule has 108 valence electrons. The maximum Gasteiger partial charge on any atom is 0.230 e. The van der Waals surface area contributed by atoms with Gasteiger partial charge in [-0.05, 0) is 59.0 Å². The van der Waals surface area contributed by atoms with Gasteiger partial charge in [0.2, 0.25) is 5.88 Å². The molecule has 0 radical (unpaired) electrons. The molecule has 1 aromatic heterocycles. The molecule has 1 aromatic carbocycles. The number of amidine groups is 1. The van der Waals surface area contributed by atoms with Crippen LogP contribution in [0.2, 0.25) is 0 Å². The summed E-state index contributed by atoms with van der Waals surface area (Å²) in [7, 11) is 0. The third-order valence-corrected chi connectivity index (χ3v) is 4.05. The minimum atomic E-state index is -0.418. The summed E-state index contributed by atoms with van der Waals surface area (Å²) < 4.78 is 19.5. The second kappa shape index (κ2) is 5.44. The van der Waals surface area contributed by atoms with Crippen molar-refractivity contribution >= 4 is 21.8 Å². The average Bonchev–Trinajstić information content (AvgIpc) is 2.89. The van der Waals surface area contributed by atoms with E-state index in [1.165, 1.54) is 6.07 Å². The molecule has 0 amide bonds. The van der Waals surface area contributed by atoms with Gasteiger partial charge in [-0.1, -0.05) is 0 Å². The van der Waals surface area contributed by atoms with Crippen LogP contribution in [0.3, 0.4) is 0 Å². The van der Waals surface area contributed by atoms with Crippen molar-refractivity contribution in [1.29, 1.82) is 5.41 Å². The number of nitrogens with one attached hydrogen (secondary N) is 1. The van der Waals surface area contributed by atoms with Gasteiger partial charge in [0, 0.05) is 11.8 Å². The molecule has 0 unspecified atom stereocenters. The second-order valence-corrected chi connectivity index (χ2v) is 5.75. The van der Waals surface area contributed by atoms with E-state index in [2.05, 4.69) is 20.9 Å². The Morgan fingerprint density at radius 3 is 2.86 bits per heavy atom. The number of nitrogens with zero attached hydrogens (tertiary/aromatic N) is 1. The summed E-state index contributed by atoms with van der Waals surface area (Å²) >= 11 is 3.09. The van der Waals surface area contributed by atoms with Crippen molar-refractivity contribution in [3.8, 4) is 11.6 Å². The summed E-state index contributed by atoms with van der Waals surface area (Å²) in [5, 5.41) is 7.66. The predicted octanol–water partition coefficient (Wildman–Crippen LogP) is 3.55. The molecule has 0 saturated heterocycles. The maximum atomic E-state index is 13.5. The number of nitrogens with two attached hydrogens (primary N) is 1. The molecule has 3 N–H and O–H groups in total. The Kier molecular flexibility index (Phi) is 3.63. The van der Waals surface area contributed by atoms with E-state index in [1.807, 2.05) is 6.07 Å². The molecule has 1 aliphatic carbocycles. The lowest BCUT2D eigenvalue weighted by Gasteiger charge is -2.12. The molecule has 0 spiro atoms. The van der Waals surface area contributed by atoms with Crippen LogP contribution >= 0.6 is 15.9 Å². The Morgan fingerprint density at radius 2 is 2.14 bits per heavy atom. The fourth-order valence-electron chi connectivity index (χ4n) is 2.38. The topological polar surface area (TPSA) is 72.0 Å². The van der Waals surface area contributed by atoms with E-state index < -0.39 is 5.82 Å². The van der Waals surface area contributed by atoms with Gasteiger partial charge in [0.1, 0.15) is 17.4 Å². The quantitative estimate of drug-likeness (QED) is 0.657. The van der Waals surface area contributed by atoms with Crippen LogP contribution in [0.5, 0.6) is 11.6 Å². The molecule has 2 aromatic rings. The standard InChI is InChI=1S/C15H13BrFN3O/c16-11-5-4-9(7-12(11)17)21-15-10(14(18)19)6-8-2-1-3-13(8)20-15/h4-7H,1-3H2,(H3,18,19). The van der Waals surface area contributed by atoms with Gasteiger partial charge >= 0.3 is 0 Å². The number of hydrogen-bond acceptors (Lipinski definition) is 3. The molecular weight excluding hydrogens is 337 g/mol. The lowest BCUT2D eigenvalue weighted by molar-refractivity contribution is 0.454. The number of nitrogen functional groups attached to an aromatic ring is 1. The van der Waals surface area contributed by atoms with Gasteiger partial charge < -0.3 is 10.5 Å². The summed E-state index contributed by atoms with van der Waals surface area (Å²) in [4.78, 5) is 4.44. The van der Waals surface area contributed by atoms with Crippen LogP contribution in [0.25, 0.3) is 0 Å². The SMILES string of the molecule is N=C(N)c1cc2c(nc1Oc1ccc(Br)c(F)c1)CCC2. The Morgan fingerprint density at radius 1 is 1.33 bits per heavy atom. The molecule has 3 rings (SSSR count). The molecule has 0 atom stereocenters. The number of aryl methyl sites for hydroxylation is 2. The predicted molar refractivity (Wildman–Crippen MR) is 81.5 cm³/mol. The number of benzene rings is 1. The Hall–Kier alpha value is -1.95. The highest BCUT2D eigenvalue weighted by atomic mass is 79.9. The van der Waals surface area contributed by atoms with Gasteiger partial charge in [-0.25, -0.2) is 9.37 Å². The lowest BCUT2D eigenvalue weighted by Crippen LogP contribution is -2.14. The fraction of sp³-hybridized carbons (Fsp3) is 0.200. The summed E-state index contributed by atoms with van der Waals surface area (Å²) in [5.74, 6) is 0.0522. The van der Waals surface area contributed by atoms with E-state index in [1.54, 1.807) is 12.1 Å². The molecule has 21 heavy (non-hydrogen) atoms. The summed E-state index contributed by atoms with van der Waals surface area (Å²) in [6.07, 6.45) is 2.87. The van der Waals surface area contributed by atoms with E-state index in [-0.39, 0.29) is 11.7 Å². The zero-order chi connectivity index (χ0) is 15.0. The Bertz CT molecular complexity index is 733. The number of ether oxygens (including phenoxy) is 1. The third kappa shape index (κ3) is 2.76. The van der Waals surface area contributed by atoms with E-state index in [0.717, 1.165) is 30.5 Å². The summed E-state index contributed by atoms with van der Waals surface area (Å²) in [5.41, 5.74) is 8.11. The Balaban J connectivity index is 2.01. The molecule has 0 aliphatic heterocycles. The van der Waals surface area contributed by atoms with Crippen LogP contribution in [0.15, 0.2) is 28.7 Å². The van der Waals surface area contributed by atoms with E-state index in [4.69, 9.17) is 15.9 Å². The lowest BCUT2D eigenvalue weighted by atomic mass is 10.1. The van der Waals surface area contributed by atoms with Crippen molar-refractivity contribution in [2.24, 2.45) is 5.73 Å². The number of halogens is 2. The van der Waals surface area contributed by atoms with Crippen LogP contribution in [0.1, 0.15) is 23.2 Å². The van der Waals surface area contributed by atoms with Crippen LogP contribution in [-0.2, 0) is 12.8 Å². The largest absolute Gasteiger partial charge is 0.438 e. The van der Waals surface area contributed by atoms with Crippen LogP contribution in [0, 0.1) is 11.2 Å². The minimum Gasteiger partial charge on any atom is -0.438 e. The van der Waals surface area contributed by atoms with E-state index >= 15 is 0 Å². The Labute approximate surface area is 129 Å². The number of hydrogen-bond donors (Lipinski definition) is 2. The molecule has 0 saturated carbocycles. The van der Waals surface area contributed by atoms with Crippen molar-refractivity contribution in [2.75, 3.05) is 0 Å². The minimum absolute atomic E-state index is 0.107. The fourth-order valence-corrected chi connectivity index (χ4v) is 2.62. The highest BCUT2D eigenvalue weighted by molar-refractivity contribution is 9.10. The molecule has 6 heteroatoms. The van der Waals surface area contributed by atoms with Crippen LogP contribution in [-0.4, -0.2) is 10.8 Å². The van der Waals surface area contributed by atoms with Gasteiger partial charge in [-0.15, -0.1) is 0 Å². The van der Waals surface area contributed by atoms with Crippen molar-refractivity contribution in [1.82, 2.24) is 4.98 Å². The number of aromatic nitrogens is 1. The zero-order valence-corrected chi connectivity index (χ0v) is 12.7. The number of fused-ring (bicyclic) bond motifs is 1. The summed E-state index contributed by atoms with van der Waals surface area (Å²) in [6.45, 7) is 0. The van der Waals surface area contributed by atoms with Gasteiger partial charge in [-0.3, -0.25) is 5.41 Å². The van der Waals surface area contributed by atoms with E-state index in [0.29, 0.717) is 15.8 Å². The van der Waals surface area contributed by atoms with Crippen molar-refractivity contribution in [2.45, 2.75) is 19.3 Å². The first kappa shape index (κ1) is 14.0. The molecule has 4 nitrogen and oxygen atoms in total. The molecule has 0 bridgehead atoms. The van der Waals surface area contributed by atoms with Crippen LogP contribution in [0.4, 0.5) is 4.39 Å². The molecule has 1 aliphatic rings.